The Kier molecular flexibility index (Phi) is 3.32. The average Bonchev–Trinajstić information content (AvgIpc) is 3.03. The summed E-state index contributed by atoms with van der Waals surface area (Å²) in [6, 6.07) is 7.27. The van der Waals surface area contributed by atoms with E-state index in [2.05, 4.69) is 51.4 Å². The first kappa shape index (κ1) is 11.0. The SMILES string of the molecule is CNCc1ccc(Br)cc1N(C)C1CC1. The van der Waals surface area contributed by atoms with E-state index in [1.165, 1.54) is 24.1 Å². The zero-order chi connectivity index (χ0) is 10.8. The second kappa shape index (κ2) is 4.54. The number of nitrogens with zero attached hydrogens (tertiary/aromatic N) is 1. The molecule has 0 heterocycles. The largest absolute Gasteiger partial charge is 0.371 e. The topological polar surface area (TPSA) is 15.3 Å². The number of nitrogens with one attached hydrogen (secondary N) is 1. The fraction of sp³-hybridized carbons (Fsp3) is 0.500. The first-order valence-corrected chi connectivity index (χ1v) is 6.17. The molecule has 0 spiro atoms. The lowest BCUT2D eigenvalue weighted by molar-refractivity contribution is 0.804. The van der Waals surface area contributed by atoms with E-state index in [9.17, 15) is 0 Å². The highest BCUT2D eigenvalue weighted by atomic mass is 79.9. The Morgan fingerprint density at radius 3 is 2.80 bits per heavy atom. The summed E-state index contributed by atoms with van der Waals surface area (Å²) in [5.41, 5.74) is 2.72. The van der Waals surface area contributed by atoms with Gasteiger partial charge in [-0.15, -0.1) is 0 Å². The van der Waals surface area contributed by atoms with Crippen LogP contribution in [0.15, 0.2) is 22.7 Å². The number of benzene rings is 1. The van der Waals surface area contributed by atoms with Gasteiger partial charge in [0.15, 0.2) is 0 Å². The Labute approximate surface area is 99.8 Å². The van der Waals surface area contributed by atoms with Crippen LogP contribution in [0.2, 0.25) is 0 Å². The zero-order valence-corrected chi connectivity index (χ0v) is 10.8. The van der Waals surface area contributed by atoms with Crippen LogP contribution in [0.1, 0.15) is 18.4 Å². The molecule has 1 aromatic carbocycles. The minimum absolute atomic E-state index is 0.759. The predicted molar refractivity (Wildman–Crippen MR) is 68.3 cm³/mol. The summed E-state index contributed by atoms with van der Waals surface area (Å²) in [6.07, 6.45) is 2.67. The summed E-state index contributed by atoms with van der Waals surface area (Å²) in [5, 5.41) is 3.22. The zero-order valence-electron chi connectivity index (χ0n) is 9.26. The highest BCUT2D eigenvalue weighted by Gasteiger charge is 2.27. The number of hydrogen-bond acceptors (Lipinski definition) is 2. The van der Waals surface area contributed by atoms with E-state index in [1.807, 2.05) is 7.05 Å². The molecule has 0 atom stereocenters. The van der Waals surface area contributed by atoms with Crippen LogP contribution < -0.4 is 10.2 Å². The van der Waals surface area contributed by atoms with Gasteiger partial charge in [0.25, 0.3) is 0 Å². The smallest absolute Gasteiger partial charge is 0.0423 e. The summed E-state index contributed by atoms with van der Waals surface area (Å²) >= 11 is 3.54. The van der Waals surface area contributed by atoms with Gasteiger partial charge in [-0.1, -0.05) is 22.0 Å². The van der Waals surface area contributed by atoms with Gasteiger partial charge in [-0.05, 0) is 37.6 Å². The first-order chi connectivity index (χ1) is 7.22. The molecule has 0 aromatic heterocycles. The van der Waals surface area contributed by atoms with E-state index in [0.717, 1.165) is 17.1 Å². The normalized spacial score (nSPS) is 15.4. The quantitative estimate of drug-likeness (QED) is 0.904. The van der Waals surface area contributed by atoms with Crippen LogP contribution in [0.5, 0.6) is 0 Å². The molecule has 82 valence electrons. The van der Waals surface area contributed by atoms with Crippen molar-refractivity contribution in [2.75, 3.05) is 19.0 Å². The lowest BCUT2D eigenvalue weighted by Gasteiger charge is -2.22. The van der Waals surface area contributed by atoms with Gasteiger partial charge in [0.05, 0.1) is 0 Å². The molecule has 0 aliphatic heterocycles. The maximum atomic E-state index is 3.54. The number of halogens is 1. The first-order valence-electron chi connectivity index (χ1n) is 5.38. The molecule has 2 nitrogen and oxygen atoms in total. The Morgan fingerprint density at radius 2 is 2.20 bits per heavy atom. The number of hydrogen-bond donors (Lipinski definition) is 1. The van der Waals surface area contributed by atoms with Gasteiger partial charge in [0.2, 0.25) is 0 Å². The van der Waals surface area contributed by atoms with Gasteiger partial charge in [0, 0.05) is 29.8 Å². The third-order valence-corrected chi connectivity index (χ3v) is 3.38. The molecule has 0 radical (unpaired) electrons. The molecular weight excluding hydrogens is 252 g/mol. The van der Waals surface area contributed by atoms with Crippen molar-refractivity contribution in [2.45, 2.75) is 25.4 Å². The molecule has 1 aliphatic rings. The van der Waals surface area contributed by atoms with Crippen molar-refractivity contribution >= 4 is 21.6 Å². The van der Waals surface area contributed by atoms with E-state index in [0.29, 0.717) is 0 Å². The molecule has 0 amide bonds. The van der Waals surface area contributed by atoms with Crippen LogP contribution >= 0.6 is 15.9 Å². The van der Waals surface area contributed by atoms with E-state index in [4.69, 9.17) is 0 Å². The Hall–Kier alpha value is -0.540. The van der Waals surface area contributed by atoms with Crippen LogP contribution in [-0.2, 0) is 6.54 Å². The van der Waals surface area contributed by atoms with Crippen molar-refractivity contribution in [3.63, 3.8) is 0 Å². The number of anilines is 1. The molecule has 0 saturated heterocycles. The summed E-state index contributed by atoms with van der Waals surface area (Å²) in [4.78, 5) is 2.40. The van der Waals surface area contributed by atoms with Crippen molar-refractivity contribution in [1.29, 1.82) is 0 Å². The fourth-order valence-electron chi connectivity index (χ4n) is 1.86. The van der Waals surface area contributed by atoms with Gasteiger partial charge < -0.3 is 10.2 Å². The Morgan fingerprint density at radius 1 is 1.47 bits per heavy atom. The minimum Gasteiger partial charge on any atom is -0.371 e. The molecule has 1 fully saturated rings. The van der Waals surface area contributed by atoms with Gasteiger partial charge >= 0.3 is 0 Å². The number of rotatable bonds is 4. The molecule has 1 aliphatic carbocycles. The molecular formula is C12H17BrN2. The molecule has 2 rings (SSSR count). The van der Waals surface area contributed by atoms with Crippen LogP contribution in [0.3, 0.4) is 0 Å². The van der Waals surface area contributed by atoms with Crippen LogP contribution in [0.25, 0.3) is 0 Å². The monoisotopic (exact) mass is 268 g/mol. The van der Waals surface area contributed by atoms with Gasteiger partial charge in [-0.2, -0.15) is 0 Å². The van der Waals surface area contributed by atoms with Crippen LogP contribution in [0.4, 0.5) is 5.69 Å². The molecule has 1 aromatic rings. The highest BCUT2D eigenvalue weighted by molar-refractivity contribution is 9.10. The molecule has 1 saturated carbocycles. The second-order valence-corrected chi connectivity index (χ2v) is 5.06. The van der Waals surface area contributed by atoms with Gasteiger partial charge in [0.1, 0.15) is 0 Å². The fourth-order valence-corrected chi connectivity index (χ4v) is 2.21. The average molecular weight is 269 g/mol. The molecule has 3 heteroatoms. The molecule has 0 bridgehead atoms. The summed E-state index contributed by atoms with van der Waals surface area (Å²) < 4.78 is 1.16. The van der Waals surface area contributed by atoms with Crippen LogP contribution in [-0.4, -0.2) is 20.1 Å². The Balaban J connectivity index is 2.28. The summed E-state index contributed by atoms with van der Waals surface area (Å²) in [6.45, 7) is 0.930. The van der Waals surface area contributed by atoms with E-state index in [1.54, 1.807) is 0 Å². The minimum atomic E-state index is 0.759. The second-order valence-electron chi connectivity index (χ2n) is 4.15. The van der Waals surface area contributed by atoms with E-state index < -0.39 is 0 Å². The van der Waals surface area contributed by atoms with Crippen molar-refractivity contribution < 1.29 is 0 Å². The lowest BCUT2D eigenvalue weighted by Crippen LogP contribution is -2.22. The van der Waals surface area contributed by atoms with E-state index in [-0.39, 0.29) is 0 Å². The molecule has 1 N–H and O–H groups in total. The summed E-state index contributed by atoms with van der Waals surface area (Å²) in [7, 11) is 4.18. The van der Waals surface area contributed by atoms with Gasteiger partial charge in [-0.3, -0.25) is 0 Å². The van der Waals surface area contributed by atoms with Crippen molar-refractivity contribution in [2.24, 2.45) is 0 Å². The van der Waals surface area contributed by atoms with E-state index >= 15 is 0 Å². The van der Waals surface area contributed by atoms with Crippen molar-refractivity contribution in [3.8, 4) is 0 Å². The highest BCUT2D eigenvalue weighted by Crippen LogP contribution is 2.33. The maximum absolute atomic E-state index is 3.54. The maximum Gasteiger partial charge on any atom is 0.0423 e. The third-order valence-electron chi connectivity index (χ3n) is 2.89. The predicted octanol–water partition coefficient (Wildman–Crippen LogP) is 2.77. The van der Waals surface area contributed by atoms with Crippen LogP contribution in [0, 0.1) is 0 Å². The molecule has 0 unspecified atom stereocenters. The lowest BCUT2D eigenvalue weighted by atomic mass is 10.1. The van der Waals surface area contributed by atoms with Crippen molar-refractivity contribution in [1.82, 2.24) is 5.32 Å². The Bertz CT molecular complexity index is 347. The molecule has 15 heavy (non-hydrogen) atoms. The standard InChI is InChI=1S/C12H17BrN2/c1-14-8-9-3-4-10(13)7-12(9)15(2)11-5-6-11/h3-4,7,11,14H,5-6,8H2,1-2H3. The summed E-state index contributed by atoms with van der Waals surface area (Å²) in [5.74, 6) is 0. The van der Waals surface area contributed by atoms with Crippen molar-refractivity contribution in [3.05, 3.63) is 28.2 Å². The van der Waals surface area contributed by atoms with Gasteiger partial charge in [-0.25, -0.2) is 0 Å². The third kappa shape index (κ3) is 2.52.